The summed E-state index contributed by atoms with van der Waals surface area (Å²) < 4.78 is 4.30. The summed E-state index contributed by atoms with van der Waals surface area (Å²) in [4.78, 5) is 1.08. The maximum atomic E-state index is 10.6. The molecule has 0 saturated heterocycles. The predicted molar refractivity (Wildman–Crippen MR) is 45.6 cm³/mol. The van der Waals surface area contributed by atoms with Crippen molar-refractivity contribution in [2.75, 3.05) is 0 Å². The molecule has 1 aromatic heterocycles. The lowest BCUT2D eigenvalue weighted by atomic mass is 10.2. The normalized spacial score (nSPS) is 10.9. The molecule has 1 heterocycles. The minimum absolute atomic E-state index is 0.518. The Kier molecular flexibility index (Phi) is 2.22. The molecule has 5 heteroatoms. The van der Waals surface area contributed by atoms with Gasteiger partial charge in [-0.15, -0.1) is 0 Å². The lowest BCUT2D eigenvalue weighted by molar-refractivity contribution is -0.746. The van der Waals surface area contributed by atoms with Crippen molar-refractivity contribution in [2.45, 2.75) is 0 Å². The molecule has 0 saturated carbocycles. The van der Waals surface area contributed by atoms with Gasteiger partial charge in [-0.3, -0.25) is 0 Å². The molecule has 0 bridgehead atoms. The van der Waals surface area contributed by atoms with Crippen LogP contribution in [-0.2, 0) is 0 Å². The summed E-state index contributed by atoms with van der Waals surface area (Å²) in [5.41, 5.74) is 0.926. The SMILES string of the molecule is [O-]c1c[n+](/N=C/c2ccccc2)no1. The molecule has 0 amide bonds. The highest BCUT2D eigenvalue weighted by Gasteiger charge is 1.98. The monoisotopic (exact) mass is 189 g/mol. The molecule has 2 aromatic rings. The van der Waals surface area contributed by atoms with Gasteiger partial charge in [0.2, 0.25) is 0 Å². The smallest absolute Gasteiger partial charge is 0.258 e. The lowest BCUT2D eigenvalue weighted by Crippen LogP contribution is -2.28. The molecular weight excluding hydrogens is 182 g/mol. The summed E-state index contributed by atoms with van der Waals surface area (Å²) in [5.74, 6) is -0.518. The molecule has 70 valence electrons. The number of rotatable bonds is 2. The number of hydrogen-bond acceptors (Lipinski definition) is 4. The Hall–Kier alpha value is -2.17. The van der Waals surface area contributed by atoms with Crippen molar-refractivity contribution >= 4 is 6.21 Å². The third kappa shape index (κ3) is 1.95. The van der Waals surface area contributed by atoms with Gasteiger partial charge in [-0.05, 0) is 5.56 Å². The second kappa shape index (κ2) is 3.69. The standard InChI is InChI=1S/C9H7N3O2/c13-9-7-12(11-14-9)10-6-8-4-2-1-3-5-8/h1-7H/b10-6+. The van der Waals surface area contributed by atoms with Crippen LogP contribution >= 0.6 is 0 Å². The summed E-state index contributed by atoms with van der Waals surface area (Å²) in [6.45, 7) is 0. The third-order valence-corrected chi connectivity index (χ3v) is 1.56. The van der Waals surface area contributed by atoms with E-state index in [0.717, 1.165) is 16.6 Å². The van der Waals surface area contributed by atoms with Crippen LogP contribution < -0.4 is 9.90 Å². The van der Waals surface area contributed by atoms with E-state index in [2.05, 4.69) is 14.9 Å². The Bertz CT molecular complexity index is 436. The summed E-state index contributed by atoms with van der Waals surface area (Å²) in [5, 5.41) is 17.8. The molecule has 0 unspecified atom stereocenters. The molecule has 2 rings (SSSR count). The summed E-state index contributed by atoms with van der Waals surface area (Å²) in [6, 6.07) is 9.49. The zero-order chi connectivity index (χ0) is 9.80. The maximum absolute atomic E-state index is 10.6. The molecule has 0 atom stereocenters. The quantitative estimate of drug-likeness (QED) is 0.490. The minimum atomic E-state index is -0.518. The van der Waals surface area contributed by atoms with Gasteiger partial charge < -0.3 is 9.63 Å². The van der Waals surface area contributed by atoms with Crippen LogP contribution in [0.1, 0.15) is 5.56 Å². The highest BCUT2D eigenvalue weighted by Crippen LogP contribution is 1.94. The minimum Gasteiger partial charge on any atom is -0.539 e. The fourth-order valence-corrected chi connectivity index (χ4v) is 0.943. The molecule has 5 nitrogen and oxygen atoms in total. The Morgan fingerprint density at radius 1 is 1.36 bits per heavy atom. The average molecular weight is 189 g/mol. The number of nitrogens with zero attached hydrogens (tertiary/aromatic N) is 3. The van der Waals surface area contributed by atoms with Crippen molar-refractivity contribution in [1.82, 2.24) is 5.27 Å². The fraction of sp³-hybridized carbons (Fsp3) is 0. The average Bonchev–Trinajstić information content (AvgIpc) is 2.63. The van der Waals surface area contributed by atoms with E-state index in [1.165, 1.54) is 0 Å². The van der Waals surface area contributed by atoms with Gasteiger partial charge in [0, 0.05) is 5.10 Å². The summed E-state index contributed by atoms with van der Waals surface area (Å²) >= 11 is 0. The Labute approximate surface area is 79.9 Å². The number of aromatic nitrogens is 2. The number of benzene rings is 1. The molecular formula is C9H7N3O2. The molecule has 0 N–H and O–H groups in total. The molecule has 14 heavy (non-hydrogen) atoms. The van der Waals surface area contributed by atoms with Crippen molar-refractivity contribution in [3.63, 3.8) is 0 Å². The van der Waals surface area contributed by atoms with Gasteiger partial charge in [0.25, 0.3) is 6.20 Å². The van der Waals surface area contributed by atoms with Crippen LogP contribution in [0, 0.1) is 0 Å². The summed E-state index contributed by atoms with van der Waals surface area (Å²) in [7, 11) is 0. The van der Waals surface area contributed by atoms with Gasteiger partial charge in [0.15, 0.2) is 5.95 Å². The van der Waals surface area contributed by atoms with Crippen LogP contribution in [0.5, 0.6) is 5.95 Å². The first kappa shape index (κ1) is 8.43. The van der Waals surface area contributed by atoms with E-state index in [-0.39, 0.29) is 0 Å². The second-order valence-corrected chi connectivity index (χ2v) is 2.60. The molecule has 0 radical (unpaired) electrons. The van der Waals surface area contributed by atoms with E-state index in [0.29, 0.717) is 0 Å². The maximum Gasteiger partial charge on any atom is 0.258 e. The molecule has 1 aromatic carbocycles. The van der Waals surface area contributed by atoms with Crippen LogP contribution in [0.4, 0.5) is 0 Å². The van der Waals surface area contributed by atoms with Crippen LogP contribution in [0.2, 0.25) is 0 Å². The van der Waals surface area contributed by atoms with Crippen LogP contribution in [0.3, 0.4) is 0 Å². The fourth-order valence-electron chi connectivity index (χ4n) is 0.943. The molecule has 0 fully saturated rings. The van der Waals surface area contributed by atoms with E-state index in [1.54, 1.807) is 6.21 Å². The first-order chi connectivity index (χ1) is 6.84. The van der Waals surface area contributed by atoms with Crippen LogP contribution in [0.25, 0.3) is 0 Å². The van der Waals surface area contributed by atoms with E-state index in [4.69, 9.17) is 0 Å². The Morgan fingerprint density at radius 3 is 2.79 bits per heavy atom. The van der Waals surface area contributed by atoms with Crippen molar-refractivity contribution in [1.29, 1.82) is 0 Å². The highest BCUT2D eigenvalue weighted by atomic mass is 16.6. The van der Waals surface area contributed by atoms with Crippen molar-refractivity contribution in [2.24, 2.45) is 5.10 Å². The Balaban J connectivity index is 2.15. The van der Waals surface area contributed by atoms with Gasteiger partial charge >= 0.3 is 0 Å². The van der Waals surface area contributed by atoms with Crippen molar-refractivity contribution < 1.29 is 14.4 Å². The molecule has 0 aliphatic heterocycles. The van der Waals surface area contributed by atoms with E-state index < -0.39 is 5.95 Å². The first-order valence-electron chi connectivity index (χ1n) is 4.00. The highest BCUT2D eigenvalue weighted by molar-refractivity contribution is 5.78. The third-order valence-electron chi connectivity index (χ3n) is 1.56. The van der Waals surface area contributed by atoms with Crippen molar-refractivity contribution in [3.05, 3.63) is 42.1 Å². The van der Waals surface area contributed by atoms with Gasteiger partial charge in [-0.2, -0.15) is 0 Å². The summed E-state index contributed by atoms with van der Waals surface area (Å²) in [6.07, 6.45) is 2.74. The molecule has 0 spiro atoms. The van der Waals surface area contributed by atoms with Gasteiger partial charge in [0.05, 0.1) is 4.79 Å². The van der Waals surface area contributed by atoms with E-state index in [1.807, 2.05) is 30.3 Å². The lowest BCUT2D eigenvalue weighted by Gasteiger charge is -1.85. The topological polar surface area (TPSA) is 65.3 Å². The largest absolute Gasteiger partial charge is 0.539 e. The van der Waals surface area contributed by atoms with Gasteiger partial charge in [0.1, 0.15) is 11.5 Å². The first-order valence-corrected chi connectivity index (χ1v) is 4.00. The van der Waals surface area contributed by atoms with Crippen LogP contribution in [0.15, 0.2) is 46.2 Å². The zero-order valence-corrected chi connectivity index (χ0v) is 7.20. The molecule has 0 aliphatic rings. The van der Waals surface area contributed by atoms with Crippen LogP contribution in [-0.4, -0.2) is 11.5 Å². The second-order valence-electron chi connectivity index (χ2n) is 2.60. The van der Waals surface area contributed by atoms with Gasteiger partial charge in [-0.25, -0.2) is 0 Å². The van der Waals surface area contributed by atoms with Gasteiger partial charge in [-0.1, -0.05) is 30.3 Å². The van der Waals surface area contributed by atoms with E-state index >= 15 is 0 Å². The van der Waals surface area contributed by atoms with E-state index in [9.17, 15) is 5.11 Å². The molecule has 0 aliphatic carbocycles. The predicted octanol–water partition coefficient (Wildman–Crippen LogP) is -0.0821. The zero-order valence-electron chi connectivity index (χ0n) is 7.20. The number of hydrogen-bond donors (Lipinski definition) is 0. The Morgan fingerprint density at radius 2 is 2.14 bits per heavy atom. The van der Waals surface area contributed by atoms with Crippen molar-refractivity contribution in [3.8, 4) is 5.95 Å².